The number of carbonyl (C=O) groups is 1. The molecule has 0 bridgehead atoms. The van der Waals surface area contributed by atoms with E-state index in [-0.39, 0.29) is 5.76 Å². The smallest absolute Gasteiger partial charge is 0.315 e. The molecule has 0 radical (unpaired) electrons. The third-order valence-electron chi connectivity index (χ3n) is 4.15. The molecular weight excluding hydrogens is 352 g/mol. The molecule has 1 amide bonds. The second-order valence-corrected chi connectivity index (χ2v) is 6.69. The number of hydrogen-bond donors (Lipinski definition) is 0. The van der Waals surface area contributed by atoms with Gasteiger partial charge in [-0.1, -0.05) is 29.5 Å². The average Bonchev–Trinajstić information content (AvgIpc) is 3.22. The quantitative estimate of drug-likeness (QED) is 0.552. The largest absolute Gasteiger partial charge is 0.493 e. The topological polar surface area (TPSA) is 66.0 Å². The van der Waals surface area contributed by atoms with Crippen molar-refractivity contribution in [3.63, 3.8) is 0 Å². The summed E-state index contributed by atoms with van der Waals surface area (Å²) >= 11 is 1.40. The van der Waals surface area contributed by atoms with Crippen LogP contribution in [0.15, 0.2) is 51.9 Å². The summed E-state index contributed by atoms with van der Waals surface area (Å²) in [5.74, 6) is 1.07. The molecule has 2 heterocycles. The van der Waals surface area contributed by atoms with Crippen molar-refractivity contribution >= 4 is 38.4 Å². The second-order valence-electron chi connectivity index (χ2n) is 5.68. The van der Waals surface area contributed by atoms with Crippen molar-refractivity contribution in [2.75, 3.05) is 14.2 Å². The molecular formula is C19H16N2O4S. The number of methoxy groups -OCH3 is 2. The molecule has 4 aromatic rings. The van der Waals surface area contributed by atoms with Gasteiger partial charge in [-0.15, -0.1) is 0 Å². The fourth-order valence-electron chi connectivity index (χ4n) is 2.79. The molecule has 0 saturated heterocycles. The number of aromatic nitrogens is 1. The average molecular weight is 368 g/mol. The monoisotopic (exact) mass is 368 g/mol. The van der Waals surface area contributed by atoms with Crippen LogP contribution in [0, 0.1) is 0 Å². The Morgan fingerprint density at radius 2 is 1.85 bits per heavy atom. The molecule has 132 valence electrons. The molecule has 0 saturated carbocycles. The van der Waals surface area contributed by atoms with Crippen LogP contribution in [0.5, 0.6) is 11.5 Å². The van der Waals surface area contributed by atoms with Crippen molar-refractivity contribution in [3.8, 4) is 11.5 Å². The van der Waals surface area contributed by atoms with Gasteiger partial charge < -0.3 is 18.5 Å². The van der Waals surface area contributed by atoms with Gasteiger partial charge in [0.15, 0.2) is 22.1 Å². The molecule has 26 heavy (non-hydrogen) atoms. The Bertz CT molecular complexity index is 1170. The van der Waals surface area contributed by atoms with Crippen LogP contribution in [0.1, 0.15) is 10.6 Å². The first-order valence-corrected chi connectivity index (χ1v) is 8.71. The van der Waals surface area contributed by atoms with E-state index in [1.807, 2.05) is 48.0 Å². The number of para-hydroxylation sites is 1. The van der Waals surface area contributed by atoms with Crippen molar-refractivity contribution in [2.24, 2.45) is 12.0 Å². The van der Waals surface area contributed by atoms with Gasteiger partial charge in [-0.3, -0.25) is 4.79 Å². The molecule has 0 atom stereocenters. The number of fused-ring (bicyclic) bond motifs is 2. The lowest BCUT2D eigenvalue weighted by molar-refractivity contribution is 0.0973. The summed E-state index contributed by atoms with van der Waals surface area (Å²) in [5.41, 5.74) is 1.57. The molecule has 0 aliphatic heterocycles. The molecule has 0 unspecified atom stereocenters. The number of thiazole rings is 1. The SMILES string of the molecule is COc1cc2sc(=NC(=O)c3cc4ccccc4o3)n(C)c2cc1OC. The van der Waals surface area contributed by atoms with Gasteiger partial charge in [-0.05, 0) is 12.1 Å². The van der Waals surface area contributed by atoms with Gasteiger partial charge in [-0.25, -0.2) is 0 Å². The molecule has 2 aromatic heterocycles. The molecule has 0 fully saturated rings. The number of ether oxygens (including phenoxy) is 2. The fourth-order valence-corrected chi connectivity index (χ4v) is 3.82. The first-order valence-electron chi connectivity index (χ1n) is 7.90. The predicted molar refractivity (Wildman–Crippen MR) is 100 cm³/mol. The Balaban J connectivity index is 1.82. The Morgan fingerprint density at radius 1 is 1.12 bits per heavy atom. The van der Waals surface area contributed by atoms with Crippen LogP contribution in [-0.4, -0.2) is 24.7 Å². The highest BCUT2D eigenvalue weighted by Crippen LogP contribution is 2.33. The Hall–Kier alpha value is -3.06. The molecule has 0 aliphatic carbocycles. The van der Waals surface area contributed by atoms with Gasteiger partial charge in [0.05, 0.1) is 24.4 Å². The van der Waals surface area contributed by atoms with Crippen LogP contribution in [0.2, 0.25) is 0 Å². The van der Waals surface area contributed by atoms with Gasteiger partial charge >= 0.3 is 5.91 Å². The second kappa shape index (κ2) is 6.34. The van der Waals surface area contributed by atoms with Crippen molar-refractivity contribution in [1.82, 2.24) is 4.57 Å². The highest BCUT2D eigenvalue weighted by Gasteiger charge is 2.14. The van der Waals surface area contributed by atoms with Crippen LogP contribution < -0.4 is 14.3 Å². The van der Waals surface area contributed by atoms with E-state index in [1.54, 1.807) is 20.3 Å². The van der Waals surface area contributed by atoms with E-state index in [9.17, 15) is 4.79 Å². The van der Waals surface area contributed by atoms with Crippen LogP contribution in [-0.2, 0) is 7.05 Å². The van der Waals surface area contributed by atoms with E-state index in [0.29, 0.717) is 21.9 Å². The predicted octanol–water partition coefficient (Wildman–Crippen LogP) is 3.74. The summed E-state index contributed by atoms with van der Waals surface area (Å²) in [6, 6.07) is 12.9. The van der Waals surface area contributed by atoms with E-state index in [2.05, 4.69) is 4.99 Å². The summed E-state index contributed by atoms with van der Waals surface area (Å²) < 4.78 is 19.1. The van der Waals surface area contributed by atoms with E-state index >= 15 is 0 Å². The summed E-state index contributed by atoms with van der Waals surface area (Å²) in [4.78, 5) is 17.4. The number of furan rings is 1. The zero-order valence-corrected chi connectivity index (χ0v) is 15.3. The van der Waals surface area contributed by atoms with Crippen LogP contribution in [0.3, 0.4) is 0 Å². The van der Waals surface area contributed by atoms with Crippen molar-refractivity contribution in [1.29, 1.82) is 0 Å². The number of hydrogen-bond acceptors (Lipinski definition) is 5. The minimum Gasteiger partial charge on any atom is -0.493 e. The molecule has 2 aromatic carbocycles. The van der Waals surface area contributed by atoms with Crippen molar-refractivity contribution in [2.45, 2.75) is 0 Å². The maximum absolute atomic E-state index is 12.5. The first-order chi connectivity index (χ1) is 12.6. The van der Waals surface area contributed by atoms with Crippen molar-refractivity contribution in [3.05, 3.63) is 53.0 Å². The number of benzene rings is 2. The summed E-state index contributed by atoms with van der Waals surface area (Å²) in [7, 11) is 5.04. The zero-order chi connectivity index (χ0) is 18.3. The zero-order valence-electron chi connectivity index (χ0n) is 14.5. The minimum absolute atomic E-state index is 0.221. The van der Waals surface area contributed by atoms with E-state index in [1.165, 1.54) is 11.3 Å². The number of nitrogens with zero attached hydrogens (tertiary/aromatic N) is 2. The summed E-state index contributed by atoms with van der Waals surface area (Å²) in [6.45, 7) is 0. The maximum Gasteiger partial charge on any atom is 0.315 e. The normalized spacial score (nSPS) is 12.0. The highest BCUT2D eigenvalue weighted by molar-refractivity contribution is 7.16. The van der Waals surface area contributed by atoms with Gasteiger partial charge in [0, 0.05) is 24.6 Å². The number of amides is 1. The molecule has 6 nitrogen and oxygen atoms in total. The van der Waals surface area contributed by atoms with Crippen LogP contribution in [0.4, 0.5) is 0 Å². The summed E-state index contributed by atoms with van der Waals surface area (Å²) in [6.07, 6.45) is 0. The van der Waals surface area contributed by atoms with Gasteiger partial charge in [0.2, 0.25) is 0 Å². The fraction of sp³-hybridized carbons (Fsp3) is 0.158. The van der Waals surface area contributed by atoms with E-state index < -0.39 is 5.91 Å². The number of carbonyl (C=O) groups excluding carboxylic acids is 1. The Morgan fingerprint density at radius 3 is 2.58 bits per heavy atom. The van der Waals surface area contributed by atoms with Crippen LogP contribution in [0.25, 0.3) is 21.2 Å². The molecule has 0 spiro atoms. The lowest BCUT2D eigenvalue weighted by Gasteiger charge is -2.07. The molecule has 0 N–H and O–H groups in total. The number of aryl methyl sites for hydroxylation is 1. The third-order valence-corrected chi connectivity index (χ3v) is 5.24. The van der Waals surface area contributed by atoms with Gasteiger partial charge in [0.1, 0.15) is 5.58 Å². The van der Waals surface area contributed by atoms with Crippen molar-refractivity contribution < 1.29 is 18.7 Å². The Kier molecular flexibility index (Phi) is 4.00. The Labute approximate surface area is 152 Å². The molecule has 4 rings (SSSR count). The first kappa shape index (κ1) is 16.4. The lowest BCUT2D eigenvalue weighted by Crippen LogP contribution is -2.13. The van der Waals surface area contributed by atoms with Gasteiger partial charge in [-0.2, -0.15) is 4.99 Å². The number of rotatable bonds is 3. The molecule has 7 heteroatoms. The van der Waals surface area contributed by atoms with Crippen LogP contribution >= 0.6 is 11.3 Å². The maximum atomic E-state index is 12.5. The van der Waals surface area contributed by atoms with E-state index in [0.717, 1.165) is 15.6 Å². The van der Waals surface area contributed by atoms with E-state index in [4.69, 9.17) is 13.9 Å². The minimum atomic E-state index is -0.415. The summed E-state index contributed by atoms with van der Waals surface area (Å²) in [5, 5.41) is 0.876. The molecule has 0 aliphatic rings. The highest BCUT2D eigenvalue weighted by atomic mass is 32.1. The standard InChI is InChI=1S/C19H16N2O4S/c1-21-12-9-14(23-2)15(24-3)10-17(12)26-19(21)20-18(22)16-8-11-6-4-5-7-13(11)25-16/h4-10H,1-3H3. The lowest BCUT2D eigenvalue weighted by atomic mass is 10.2. The third kappa shape index (κ3) is 2.66. The van der Waals surface area contributed by atoms with Gasteiger partial charge in [0.25, 0.3) is 0 Å².